The smallest absolute Gasteiger partial charge is 0.0916 e. The summed E-state index contributed by atoms with van der Waals surface area (Å²) in [5, 5.41) is 13.7. The van der Waals surface area contributed by atoms with Gasteiger partial charge in [0.25, 0.3) is 0 Å². The van der Waals surface area contributed by atoms with Crippen LogP contribution in [-0.2, 0) is 5.75 Å². The van der Waals surface area contributed by atoms with E-state index in [0.717, 1.165) is 44.0 Å². The Bertz CT molecular complexity index is 582. The van der Waals surface area contributed by atoms with Gasteiger partial charge in [-0.3, -0.25) is 4.90 Å². The van der Waals surface area contributed by atoms with Gasteiger partial charge >= 0.3 is 0 Å². The van der Waals surface area contributed by atoms with Crippen molar-refractivity contribution in [2.75, 3.05) is 32.7 Å². The van der Waals surface area contributed by atoms with Crippen LogP contribution in [0.15, 0.2) is 59.5 Å². The van der Waals surface area contributed by atoms with Crippen LogP contribution in [0.1, 0.15) is 17.2 Å². The molecule has 122 valence electrons. The Kier molecular flexibility index (Phi) is 6.11. The van der Waals surface area contributed by atoms with Gasteiger partial charge in [-0.1, -0.05) is 42.5 Å². The summed E-state index contributed by atoms with van der Waals surface area (Å²) in [6, 6.07) is 18.8. The third-order valence-corrected chi connectivity index (χ3v) is 5.24. The highest BCUT2D eigenvalue weighted by molar-refractivity contribution is 7.98. The minimum absolute atomic E-state index is 0.402. The Labute approximate surface area is 142 Å². The standard InChI is InChI=1S/C19H24N2OS/c22-19(14-21-12-10-20-11-13-21)17-6-8-18(9-7-17)23-15-16-4-2-1-3-5-16/h1-9,19-20,22H,10-15H2. The van der Waals surface area contributed by atoms with Gasteiger partial charge in [0, 0.05) is 43.4 Å². The first kappa shape index (κ1) is 16.5. The molecule has 0 aromatic heterocycles. The normalized spacial score (nSPS) is 17.1. The molecule has 0 aliphatic carbocycles. The summed E-state index contributed by atoms with van der Waals surface area (Å²) in [7, 11) is 0. The maximum absolute atomic E-state index is 10.4. The molecule has 23 heavy (non-hydrogen) atoms. The van der Waals surface area contributed by atoms with Crippen LogP contribution < -0.4 is 5.32 Å². The van der Waals surface area contributed by atoms with Crippen molar-refractivity contribution in [2.45, 2.75) is 16.8 Å². The molecule has 0 spiro atoms. The largest absolute Gasteiger partial charge is 0.387 e. The molecule has 3 rings (SSSR count). The maximum atomic E-state index is 10.4. The molecule has 3 nitrogen and oxygen atoms in total. The average molecular weight is 328 g/mol. The fraction of sp³-hybridized carbons (Fsp3) is 0.368. The number of rotatable bonds is 6. The van der Waals surface area contributed by atoms with Crippen LogP contribution in [0.25, 0.3) is 0 Å². The summed E-state index contributed by atoms with van der Waals surface area (Å²) in [5.74, 6) is 0.976. The van der Waals surface area contributed by atoms with Crippen molar-refractivity contribution in [1.29, 1.82) is 0 Å². The number of hydrogen-bond donors (Lipinski definition) is 2. The molecule has 0 amide bonds. The molecule has 1 fully saturated rings. The number of benzene rings is 2. The van der Waals surface area contributed by atoms with Gasteiger partial charge in [-0.05, 0) is 23.3 Å². The molecule has 1 saturated heterocycles. The number of thioether (sulfide) groups is 1. The number of nitrogens with zero attached hydrogens (tertiary/aromatic N) is 1. The number of hydrogen-bond acceptors (Lipinski definition) is 4. The van der Waals surface area contributed by atoms with Crippen LogP contribution in [0.4, 0.5) is 0 Å². The fourth-order valence-electron chi connectivity index (χ4n) is 2.77. The zero-order chi connectivity index (χ0) is 15.9. The lowest BCUT2D eigenvalue weighted by atomic mass is 10.1. The zero-order valence-corrected chi connectivity index (χ0v) is 14.1. The van der Waals surface area contributed by atoms with E-state index in [-0.39, 0.29) is 0 Å². The van der Waals surface area contributed by atoms with Gasteiger partial charge in [0.15, 0.2) is 0 Å². The number of piperazine rings is 1. The first-order valence-electron chi connectivity index (χ1n) is 8.19. The van der Waals surface area contributed by atoms with Crippen LogP contribution in [0.3, 0.4) is 0 Å². The summed E-state index contributed by atoms with van der Waals surface area (Å²) in [5.41, 5.74) is 2.34. The average Bonchev–Trinajstić information content (AvgIpc) is 2.62. The first-order valence-corrected chi connectivity index (χ1v) is 9.17. The van der Waals surface area contributed by atoms with E-state index in [1.807, 2.05) is 17.8 Å². The van der Waals surface area contributed by atoms with Gasteiger partial charge in [0.2, 0.25) is 0 Å². The highest BCUT2D eigenvalue weighted by Gasteiger charge is 2.15. The molecule has 0 bridgehead atoms. The molecule has 2 aromatic rings. The monoisotopic (exact) mass is 328 g/mol. The van der Waals surface area contributed by atoms with Crippen LogP contribution in [0.5, 0.6) is 0 Å². The predicted octanol–water partition coefficient (Wildman–Crippen LogP) is 2.92. The molecule has 4 heteroatoms. The van der Waals surface area contributed by atoms with E-state index >= 15 is 0 Å². The number of nitrogens with one attached hydrogen (secondary N) is 1. The van der Waals surface area contributed by atoms with E-state index in [4.69, 9.17) is 0 Å². The van der Waals surface area contributed by atoms with Crippen molar-refractivity contribution in [3.63, 3.8) is 0 Å². The molecular weight excluding hydrogens is 304 g/mol. The Hall–Kier alpha value is -1.33. The van der Waals surface area contributed by atoms with Crippen molar-refractivity contribution < 1.29 is 5.11 Å². The second-order valence-corrected chi connectivity index (χ2v) is 6.96. The molecule has 0 radical (unpaired) electrons. The minimum Gasteiger partial charge on any atom is -0.387 e. The Morgan fingerprint density at radius 3 is 2.39 bits per heavy atom. The third kappa shape index (κ3) is 5.08. The number of β-amino-alcohol motifs (C(OH)–C–C–N with tert-alkyl or cyclic N) is 1. The van der Waals surface area contributed by atoms with Gasteiger partial charge in [0.05, 0.1) is 6.10 Å². The summed E-state index contributed by atoms with van der Waals surface area (Å²) in [4.78, 5) is 3.56. The van der Waals surface area contributed by atoms with E-state index in [2.05, 4.69) is 58.7 Å². The second-order valence-electron chi connectivity index (χ2n) is 5.91. The zero-order valence-electron chi connectivity index (χ0n) is 13.3. The van der Waals surface area contributed by atoms with E-state index < -0.39 is 6.10 Å². The second kappa shape index (κ2) is 8.50. The van der Waals surface area contributed by atoms with Crippen LogP contribution in [0.2, 0.25) is 0 Å². The molecule has 2 N–H and O–H groups in total. The van der Waals surface area contributed by atoms with Gasteiger partial charge in [-0.15, -0.1) is 11.8 Å². The van der Waals surface area contributed by atoms with E-state index in [0.29, 0.717) is 0 Å². The topological polar surface area (TPSA) is 35.5 Å². The molecule has 0 saturated carbocycles. The third-order valence-electron chi connectivity index (χ3n) is 4.15. The van der Waals surface area contributed by atoms with Gasteiger partial charge < -0.3 is 10.4 Å². The van der Waals surface area contributed by atoms with Gasteiger partial charge in [-0.2, -0.15) is 0 Å². The molecule has 1 unspecified atom stereocenters. The minimum atomic E-state index is -0.402. The van der Waals surface area contributed by atoms with E-state index in [9.17, 15) is 5.11 Å². The summed E-state index contributed by atoms with van der Waals surface area (Å²) in [6.07, 6.45) is -0.402. The lowest BCUT2D eigenvalue weighted by Crippen LogP contribution is -2.44. The molecule has 1 heterocycles. The van der Waals surface area contributed by atoms with E-state index in [1.165, 1.54) is 10.5 Å². The van der Waals surface area contributed by atoms with Gasteiger partial charge in [0.1, 0.15) is 0 Å². The van der Waals surface area contributed by atoms with Crippen LogP contribution in [0, 0.1) is 0 Å². The van der Waals surface area contributed by atoms with Crippen molar-refractivity contribution in [1.82, 2.24) is 10.2 Å². The summed E-state index contributed by atoms with van der Waals surface area (Å²) >= 11 is 1.83. The molecule has 1 aliphatic rings. The van der Waals surface area contributed by atoms with Crippen LogP contribution in [-0.4, -0.2) is 42.7 Å². The van der Waals surface area contributed by atoms with Crippen molar-refractivity contribution in [3.05, 3.63) is 65.7 Å². The lowest BCUT2D eigenvalue weighted by Gasteiger charge is -2.29. The molecular formula is C19H24N2OS. The highest BCUT2D eigenvalue weighted by Crippen LogP contribution is 2.24. The van der Waals surface area contributed by atoms with Crippen LogP contribution >= 0.6 is 11.8 Å². The Morgan fingerprint density at radius 2 is 1.70 bits per heavy atom. The number of aliphatic hydroxyl groups is 1. The van der Waals surface area contributed by atoms with E-state index in [1.54, 1.807) is 0 Å². The quantitative estimate of drug-likeness (QED) is 0.799. The Morgan fingerprint density at radius 1 is 1.00 bits per heavy atom. The predicted molar refractivity (Wildman–Crippen MR) is 96.7 cm³/mol. The fourth-order valence-corrected chi connectivity index (χ4v) is 3.63. The lowest BCUT2D eigenvalue weighted by molar-refractivity contribution is 0.105. The van der Waals surface area contributed by atoms with Crippen molar-refractivity contribution >= 4 is 11.8 Å². The Balaban J connectivity index is 1.51. The summed E-state index contributed by atoms with van der Waals surface area (Å²) in [6.45, 7) is 4.78. The van der Waals surface area contributed by atoms with Crippen molar-refractivity contribution in [2.24, 2.45) is 0 Å². The number of aliphatic hydroxyl groups excluding tert-OH is 1. The molecule has 1 aliphatic heterocycles. The first-order chi connectivity index (χ1) is 11.3. The molecule has 1 atom stereocenters. The maximum Gasteiger partial charge on any atom is 0.0916 e. The summed E-state index contributed by atoms with van der Waals surface area (Å²) < 4.78 is 0. The highest BCUT2D eigenvalue weighted by atomic mass is 32.2. The molecule has 2 aromatic carbocycles. The van der Waals surface area contributed by atoms with Gasteiger partial charge in [-0.25, -0.2) is 0 Å². The SMILES string of the molecule is OC(CN1CCNCC1)c1ccc(SCc2ccccc2)cc1. The van der Waals surface area contributed by atoms with Crippen molar-refractivity contribution in [3.8, 4) is 0 Å².